The van der Waals surface area contributed by atoms with Gasteiger partial charge in [0.1, 0.15) is 11.4 Å². The number of methoxy groups -OCH3 is 1. The van der Waals surface area contributed by atoms with Gasteiger partial charge in [0.2, 0.25) is 0 Å². The van der Waals surface area contributed by atoms with E-state index in [1.54, 1.807) is 12.5 Å². The van der Waals surface area contributed by atoms with Crippen LogP contribution in [0.2, 0.25) is 0 Å². The van der Waals surface area contributed by atoms with E-state index in [0.717, 1.165) is 37.3 Å². The Morgan fingerprint density at radius 2 is 1.96 bits per heavy atom. The first-order valence-corrected chi connectivity index (χ1v) is 9.33. The smallest absolute Gasteiger partial charge is 0.270 e. The molecule has 25 heavy (non-hydrogen) atoms. The van der Waals surface area contributed by atoms with Gasteiger partial charge in [-0.25, -0.2) is 4.98 Å². The van der Waals surface area contributed by atoms with Crippen LogP contribution >= 0.6 is 11.3 Å². The third-order valence-corrected chi connectivity index (χ3v) is 4.23. The van der Waals surface area contributed by atoms with Crippen molar-refractivity contribution in [2.24, 2.45) is 0 Å². The number of hydrogen-bond acceptors (Lipinski definition) is 6. The number of nitrogens with one attached hydrogen (secondary N) is 2. The Labute approximate surface area is 152 Å². The van der Waals surface area contributed by atoms with E-state index in [9.17, 15) is 4.79 Å². The molecule has 0 saturated heterocycles. The van der Waals surface area contributed by atoms with Gasteiger partial charge in [-0.05, 0) is 37.1 Å². The van der Waals surface area contributed by atoms with Crippen molar-refractivity contribution in [3.05, 3.63) is 35.3 Å². The fraction of sp³-hybridized carbons (Fsp3) is 0.444. The van der Waals surface area contributed by atoms with Crippen molar-refractivity contribution in [3.8, 4) is 5.75 Å². The second kappa shape index (κ2) is 10.7. The van der Waals surface area contributed by atoms with Gasteiger partial charge in [0.25, 0.3) is 5.91 Å². The van der Waals surface area contributed by atoms with Gasteiger partial charge in [0.05, 0.1) is 7.11 Å². The number of carbonyl (C=O) groups excluding carboxylic acids is 1. The molecule has 0 aliphatic carbocycles. The summed E-state index contributed by atoms with van der Waals surface area (Å²) < 4.78 is 10.6. The lowest BCUT2D eigenvalue weighted by Crippen LogP contribution is -2.25. The van der Waals surface area contributed by atoms with Crippen LogP contribution in [0.4, 0.5) is 10.8 Å². The average Bonchev–Trinajstić information content (AvgIpc) is 3.10. The monoisotopic (exact) mass is 363 g/mol. The number of unbranched alkanes of at least 4 members (excludes halogenated alkanes) is 1. The second-order valence-electron chi connectivity index (χ2n) is 5.47. The molecule has 2 rings (SSSR count). The number of ether oxygens (including phenoxy) is 2. The van der Waals surface area contributed by atoms with E-state index < -0.39 is 0 Å². The Hall–Kier alpha value is -2.12. The summed E-state index contributed by atoms with van der Waals surface area (Å²) >= 11 is 1.40. The number of benzene rings is 1. The van der Waals surface area contributed by atoms with E-state index >= 15 is 0 Å². The molecule has 7 heteroatoms. The summed E-state index contributed by atoms with van der Waals surface area (Å²) in [4.78, 5) is 16.4. The molecule has 0 aliphatic rings. The van der Waals surface area contributed by atoms with Gasteiger partial charge in [-0.15, -0.1) is 11.3 Å². The zero-order valence-corrected chi connectivity index (χ0v) is 15.5. The number of anilines is 2. The Kier molecular flexibility index (Phi) is 8.21. The molecule has 1 aromatic heterocycles. The molecule has 0 aliphatic heterocycles. The van der Waals surface area contributed by atoms with E-state index in [1.807, 2.05) is 24.3 Å². The predicted molar refractivity (Wildman–Crippen MR) is 101 cm³/mol. The van der Waals surface area contributed by atoms with E-state index in [-0.39, 0.29) is 5.91 Å². The maximum Gasteiger partial charge on any atom is 0.270 e. The Balaban J connectivity index is 1.73. The third-order valence-electron chi connectivity index (χ3n) is 3.47. The number of thiazole rings is 1. The number of nitrogens with zero attached hydrogens (tertiary/aromatic N) is 1. The van der Waals surface area contributed by atoms with Crippen molar-refractivity contribution in [1.29, 1.82) is 0 Å². The highest BCUT2D eigenvalue weighted by Gasteiger charge is 2.10. The first kappa shape index (κ1) is 19.2. The molecule has 0 saturated carbocycles. The van der Waals surface area contributed by atoms with Crippen molar-refractivity contribution in [2.75, 3.05) is 32.2 Å². The van der Waals surface area contributed by atoms with Crippen LogP contribution in [-0.2, 0) is 4.74 Å². The minimum Gasteiger partial charge on any atom is -0.497 e. The highest BCUT2D eigenvalue weighted by atomic mass is 32.1. The normalized spacial score (nSPS) is 10.5. The zero-order chi connectivity index (χ0) is 17.9. The summed E-state index contributed by atoms with van der Waals surface area (Å²) in [6.07, 6.45) is 3.01. The topological polar surface area (TPSA) is 72.5 Å². The standard InChI is InChI=1S/C18H25N3O3S/c1-3-4-11-24-12-5-10-19-17(22)16-13-25-18(21-16)20-14-6-8-15(23-2)9-7-14/h6-9,13H,3-5,10-12H2,1-2H3,(H,19,22)(H,20,21). The minimum atomic E-state index is -0.160. The van der Waals surface area contributed by atoms with E-state index in [0.29, 0.717) is 24.0 Å². The van der Waals surface area contributed by atoms with Crippen molar-refractivity contribution in [3.63, 3.8) is 0 Å². The molecule has 1 heterocycles. The number of amides is 1. The molecule has 136 valence electrons. The Morgan fingerprint density at radius 1 is 1.20 bits per heavy atom. The molecule has 0 radical (unpaired) electrons. The van der Waals surface area contributed by atoms with Crippen LogP contribution in [-0.4, -0.2) is 37.8 Å². The van der Waals surface area contributed by atoms with Crippen LogP contribution in [0.25, 0.3) is 0 Å². The molecular formula is C18H25N3O3S. The molecule has 6 nitrogen and oxygen atoms in total. The molecule has 0 unspecified atom stereocenters. The molecule has 0 atom stereocenters. The molecule has 2 aromatic rings. The lowest BCUT2D eigenvalue weighted by atomic mass is 10.3. The molecule has 0 fully saturated rings. The van der Waals surface area contributed by atoms with E-state index in [1.165, 1.54) is 11.3 Å². The first-order valence-electron chi connectivity index (χ1n) is 8.45. The number of hydrogen-bond donors (Lipinski definition) is 2. The SMILES string of the molecule is CCCCOCCCNC(=O)c1csc(Nc2ccc(OC)cc2)n1. The second-order valence-corrected chi connectivity index (χ2v) is 6.32. The van der Waals surface area contributed by atoms with Crippen LogP contribution in [0.3, 0.4) is 0 Å². The zero-order valence-electron chi connectivity index (χ0n) is 14.7. The van der Waals surface area contributed by atoms with Gasteiger partial charge in [0, 0.05) is 30.8 Å². The molecule has 0 spiro atoms. The van der Waals surface area contributed by atoms with Gasteiger partial charge in [-0.3, -0.25) is 4.79 Å². The lowest BCUT2D eigenvalue weighted by molar-refractivity contribution is 0.0936. The van der Waals surface area contributed by atoms with Crippen LogP contribution in [0.15, 0.2) is 29.6 Å². The first-order chi connectivity index (χ1) is 12.2. The molecule has 1 aromatic carbocycles. The number of rotatable bonds is 11. The summed E-state index contributed by atoms with van der Waals surface area (Å²) in [5.41, 5.74) is 1.32. The fourth-order valence-electron chi connectivity index (χ4n) is 2.05. The van der Waals surface area contributed by atoms with Gasteiger partial charge in [-0.2, -0.15) is 0 Å². The van der Waals surface area contributed by atoms with Crippen LogP contribution in [0.5, 0.6) is 5.75 Å². The number of carbonyl (C=O) groups is 1. The Bertz CT molecular complexity index is 643. The van der Waals surface area contributed by atoms with Gasteiger partial charge in [0.15, 0.2) is 5.13 Å². The third kappa shape index (κ3) is 6.72. The average molecular weight is 363 g/mol. The summed E-state index contributed by atoms with van der Waals surface area (Å²) in [5, 5.41) is 8.47. The summed E-state index contributed by atoms with van der Waals surface area (Å²) in [6.45, 7) is 4.18. The van der Waals surface area contributed by atoms with E-state index in [4.69, 9.17) is 9.47 Å². The largest absolute Gasteiger partial charge is 0.497 e. The van der Waals surface area contributed by atoms with Crippen LogP contribution in [0.1, 0.15) is 36.7 Å². The van der Waals surface area contributed by atoms with Crippen LogP contribution in [0, 0.1) is 0 Å². The molecule has 2 N–H and O–H groups in total. The van der Waals surface area contributed by atoms with E-state index in [2.05, 4.69) is 22.5 Å². The van der Waals surface area contributed by atoms with Crippen LogP contribution < -0.4 is 15.4 Å². The molecular weight excluding hydrogens is 338 g/mol. The van der Waals surface area contributed by atoms with Crippen molar-refractivity contribution < 1.29 is 14.3 Å². The lowest BCUT2D eigenvalue weighted by Gasteiger charge is -2.05. The van der Waals surface area contributed by atoms with Crippen molar-refractivity contribution in [1.82, 2.24) is 10.3 Å². The summed E-state index contributed by atoms with van der Waals surface area (Å²) in [6, 6.07) is 7.54. The highest BCUT2D eigenvalue weighted by Crippen LogP contribution is 2.22. The minimum absolute atomic E-state index is 0.160. The van der Waals surface area contributed by atoms with Gasteiger partial charge in [-0.1, -0.05) is 13.3 Å². The molecule has 1 amide bonds. The molecule has 0 bridgehead atoms. The quantitative estimate of drug-likeness (QED) is 0.594. The van der Waals surface area contributed by atoms with Gasteiger partial charge >= 0.3 is 0 Å². The maximum absolute atomic E-state index is 12.1. The van der Waals surface area contributed by atoms with Gasteiger partial charge < -0.3 is 20.1 Å². The predicted octanol–water partition coefficient (Wildman–Crippen LogP) is 3.83. The summed E-state index contributed by atoms with van der Waals surface area (Å²) in [7, 11) is 1.63. The highest BCUT2D eigenvalue weighted by molar-refractivity contribution is 7.14. The number of aromatic nitrogens is 1. The van der Waals surface area contributed by atoms with Crippen molar-refractivity contribution in [2.45, 2.75) is 26.2 Å². The van der Waals surface area contributed by atoms with Crippen molar-refractivity contribution >= 4 is 28.1 Å². The fourth-order valence-corrected chi connectivity index (χ4v) is 2.76. The summed E-state index contributed by atoms with van der Waals surface area (Å²) in [5.74, 6) is 0.635. The Morgan fingerprint density at radius 3 is 2.68 bits per heavy atom. The maximum atomic E-state index is 12.1.